The summed E-state index contributed by atoms with van der Waals surface area (Å²) >= 11 is 0. The van der Waals surface area contributed by atoms with Crippen molar-refractivity contribution in [3.05, 3.63) is 11.8 Å². The molecule has 0 bridgehead atoms. The summed E-state index contributed by atoms with van der Waals surface area (Å²) in [6.45, 7) is 8.20. The summed E-state index contributed by atoms with van der Waals surface area (Å²) in [5.41, 5.74) is 4.75. The first kappa shape index (κ1) is 19.9. The average Bonchev–Trinajstić information content (AvgIpc) is 2.49. The molecule has 2 amide bonds. The summed E-state index contributed by atoms with van der Waals surface area (Å²) in [5.74, 6) is -0.379. The topological polar surface area (TPSA) is 103 Å². The zero-order valence-electron chi connectivity index (χ0n) is 14.9. The second-order valence-corrected chi connectivity index (χ2v) is 6.71. The number of carbonyl (C=O) groups excluding carboxylic acids is 2. The predicted octanol–water partition coefficient (Wildman–Crippen LogP) is 0.364. The van der Waals surface area contributed by atoms with E-state index < -0.39 is 11.7 Å². The van der Waals surface area contributed by atoms with Gasteiger partial charge in [0.2, 0.25) is 0 Å². The van der Waals surface area contributed by atoms with Crippen LogP contribution in [0.4, 0.5) is 4.79 Å². The van der Waals surface area contributed by atoms with E-state index in [0.717, 1.165) is 13.1 Å². The maximum atomic E-state index is 12.5. The van der Waals surface area contributed by atoms with Gasteiger partial charge in [-0.15, -0.1) is 0 Å². The SMILES string of the molecule is CN1CCN(C(=O)/C(C#N)=C\N(CCN)C(=O)OC(C)(C)C)CC1. The molecule has 0 spiro atoms. The molecule has 0 radical (unpaired) electrons. The molecule has 8 nitrogen and oxygen atoms in total. The van der Waals surface area contributed by atoms with Crippen LogP contribution >= 0.6 is 0 Å². The monoisotopic (exact) mass is 337 g/mol. The predicted molar refractivity (Wildman–Crippen MR) is 89.8 cm³/mol. The maximum Gasteiger partial charge on any atom is 0.414 e. The first-order valence-electron chi connectivity index (χ1n) is 7.97. The summed E-state index contributed by atoms with van der Waals surface area (Å²) < 4.78 is 5.28. The molecule has 0 saturated carbocycles. The van der Waals surface area contributed by atoms with Gasteiger partial charge in [-0.05, 0) is 27.8 Å². The summed E-state index contributed by atoms with van der Waals surface area (Å²) in [5, 5.41) is 9.32. The van der Waals surface area contributed by atoms with E-state index in [2.05, 4.69) is 4.90 Å². The highest BCUT2D eigenvalue weighted by Crippen LogP contribution is 2.12. The Morgan fingerprint density at radius 1 is 1.29 bits per heavy atom. The van der Waals surface area contributed by atoms with Crippen molar-refractivity contribution in [2.45, 2.75) is 26.4 Å². The van der Waals surface area contributed by atoms with Gasteiger partial charge in [0.05, 0.1) is 0 Å². The molecule has 0 aromatic carbocycles. The second kappa shape index (κ2) is 8.66. The van der Waals surface area contributed by atoms with E-state index in [4.69, 9.17) is 10.5 Å². The van der Waals surface area contributed by atoms with Crippen molar-refractivity contribution in [1.29, 1.82) is 5.26 Å². The van der Waals surface area contributed by atoms with Crippen LogP contribution < -0.4 is 5.73 Å². The molecule has 0 aromatic heterocycles. The van der Waals surface area contributed by atoms with E-state index in [1.54, 1.807) is 25.7 Å². The molecule has 1 heterocycles. The summed E-state index contributed by atoms with van der Waals surface area (Å²) in [4.78, 5) is 29.6. The number of nitrogens with two attached hydrogens (primary N) is 1. The van der Waals surface area contributed by atoms with Crippen LogP contribution in [-0.4, -0.2) is 78.6 Å². The number of piperazine rings is 1. The molecule has 134 valence electrons. The van der Waals surface area contributed by atoms with Crippen molar-refractivity contribution in [3.63, 3.8) is 0 Å². The van der Waals surface area contributed by atoms with Crippen molar-refractivity contribution < 1.29 is 14.3 Å². The fourth-order valence-electron chi connectivity index (χ4n) is 2.14. The fourth-order valence-corrected chi connectivity index (χ4v) is 2.14. The Balaban J connectivity index is 2.90. The Bertz CT molecular complexity index is 525. The Labute approximate surface area is 143 Å². The standard InChI is InChI=1S/C16H27N5O3/c1-16(2,3)24-15(23)21(6-5-17)12-13(11-18)14(22)20-9-7-19(4)8-10-20/h12H,5-10,17H2,1-4H3/b13-12-. The van der Waals surface area contributed by atoms with E-state index in [9.17, 15) is 14.9 Å². The van der Waals surface area contributed by atoms with Crippen LogP contribution in [0.25, 0.3) is 0 Å². The van der Waals surface area contributed by atoms with Crippen molar-refractivity contribution in [2.24, 2.45) is 5.73 Å². The van der Waals surface area contributed by atoms with Crippen LogP contribution in [0.5, 0.6) is 0 Å². The normalized spacial score (nSPS) is 16.5. The highest BCUT2D eigenvalue weighted by atomic mass is 16.6. The molecule has 2 N–H and O–H groups in total. The van der Waals surface area contributed by atoms with Crippen LogP contribution in [0.3, 0.4) is 0 Å². The molecule has 0 atom stereocenters. The average molecular weight is 337 g/mol. The lowest BCUT2D eigenvalue weighted by atomic mass is 10.2. The maximum absolute atomic E-state index is 12.5. The number of amides is 2. The number of ether oxygens (including phenoxy) is 1. The fraction of sp³-hybridized carbons (Fsp3) is 0.688. The second-order valence-electron chi connectivity index (χ2n) is 6.71. The first-order valence-corrected chi connectivity index (χ1v) is 7.97. The smallest absolute Gasteiger partial charge is 0.414 e. The third-order valence-corrected chi connectivity index (χ3v) is 3.42. The Kier molecular flexibility index (Phi) is 7.19. The van der Waals surface area contributed by atoms with Crippen molar-refractivity contribution in [1.82, 2.24) is 14.7 Å². The van der Waals surface area contributed by atoms with E-state index in [1.165, 1.54) is 11.1 Å². The van der Waals surface area contributed by atoms with Gasteiger partial charge >= 0.3 is 6.09 Å². The summed E-state index contributed by atoms with van der Waals surface area (Å²) in [7, 11) is 1.98. The van der Waals surface area contributed by atoms with E-state index in [-0.39, 0.29) is 24.6 Å². The van der Waals surface area contributed by atoms with Crippen LogP contribution in [0.2, 0.25) is 0 Å². The Hall–Kier alpha value is -2.11. The zero-order valence-corrected chi connectivity index (χ0v) is 14.9. The molecule has 1 aliphatic heterocycles. The number of carbonyl (C=O) groups is 2. The number of hydrogen-bond donors (Lipinski definition) is 1. The molecule has 24 heavy (non-hydrogen) atoms. The Morgan fingerprint density at radius 3 is 2.33 bits per heavy atom. The molecule has 1 rings (SSSR count). The molecular weight excluding hydrogens is 310 g/mol. The third-order valence-electron chi connectivity index (χ3n) is 3.42. The number of rotatable bonds is 4. The minimum Gasteiger partial charge on any atom is -0.443 e. The van der Waals surface area contributed by atoms with Gasteiger partial charge in [0.25, 0.3) is 5.91 Å². The minimum absolute atomic E-state index is 0.0983. The van der Waals surface area contributed by atoms with Crippen molar-refractivity contribution in [3.8, 4) is 6.07 Å². The molecule has 1 fully saturated rings. The lowest BCUT2D eigenvalue weighted by molar-refractivity contribution is -0.128. The minimum atomic E-state index is -0.675. The first-order chi connectivity index (χ1) is 11.2. The van der Waals surface area contributed by atoms with E-state index in [0.29, 0.717) is 13.1 Å². The van der Waals surface area contributed by atoms with Crippen LogP contribution in [0, 0.1) is 11.3 Å². The lowest BCUT2D eigenvalue weighted by Gasteiger charge is -2.32. The van der Waals surface area contributed by atoms with Gasteiger partial charge in [-0.25, -0.2) is 4.79 Å². The van der Waals surface area contributed by atoms with Crippen molar-refractivity contribution >= 4 is 12.0 Å². The van der Waals surface area contributed by atoms with Gasteiger partial charge in [0.15, 0.2) is 0 Å². The van der Waals surface area contributed by atoms with Gasteiger partial charge in [0.1, 0.15) is 17.2 Å². The van der Waals surface area contributed by atoms with Crippen LogP contribution in [-0.2, 0) is 9.53 Å². The van der Waals surface area contributed by atoms with Gasteiger partial charge in [-0.1, -0.05) is 0 Å². The van der Waals surface area contributed by atoms with Crippen molar-refractivity contribution in [2.75, 3.05) is 46.3 Å². The largest absolute Gasteiger partial charge is 0.443 e. The molecule has 1 saturated heterocycles. The molecule has 0 aliphatic carbocycles. The quantitative estimate of drug-likeness (QED) is 0.587. The molecule has 0 unspecified atom stereocenters. The molecule has 0 aromatic rings. The number of likely N-dealkylation sites (N-methyl/N-ethyl adjacent to an activating group) is 1. The molecule has 8 heteroatoms. The number of hydrogen-bond acceptors (Lipinski definition) is 6. The zero-order chi connectivity index (χ0) is 18.3. The van der Waals surface area contributed by atoms with Crippen LogP contribution in [0.15, 0.2) is 11.8 Å². The number of nitrogens with zero attached hydrogens (tertiary/aromatic N) is 4. The van der Waals surface area contributed by atoms with Gasteiger partial charge < -0.3 is 20.3 Å². The highest BCUT2D eigenvalue weighted by molar-refractivity contribution is 5.97. The van der Waals surface area contributed by atoms with E-state index >= 15 is 0 Å². The van der Waals surface area contributed by atoms with Gasteiger partial charge in [-0.2, -0.15) is 5.26 Å². The Morgan fingerprint density at radius 2 is 1.88 bits per heavy atom. The third kappa shape index (κ3) is 6.18. The van der Waals surface area contributed by atoms with Gasteiger partial charge in [-0.3, -0.25) is 9.69 Å². The van der Waals surface area contributed by atoms with Crippen LogP contribution in [0.1, 0.15) is 20.8 Å². The summed E-state index contributed by atoms with van der Waals surface area (Å²) in [6, 6.07) is 1.88. The molecule has 1 aliphatic rings. The lowest BCUT2D eigenvalue weighted by Crippen LogP contribution is -2.47. The highest BCUT2D eigenvalue weighted by Gasteiger charge is 2.25. The molecular formula is C16H27N5O3. The van der Waals surface area contributed by atoms with Gasteiger partial charge in [0, 0.05) is 45.5 Å². The van der Waals surface area contributed by atoms with E-state index in [1.807, 2.05) is 13.1 Å². The summed E-state index contributed by atoms with van der Waals surface area (Å²) in [6.07, 6.45) is 0.605. The number of nitriles is 1.